The van der Waals surface area contributed by atoms with Gasteiger partial charge in [0.25, 0.3) is 0 Å². The molecule has 4 aromatic rings. The highest BCUT2D eigenvalue weighted by molar-refractivity contribution is 5.74. The molecule has 0 amide bonds. The molecule has 0 bridgehead atoms. The third-order valence-electron chi connectivity index (χ3n) is 5.34. The lowest BCUT2D eigenvalue weighted by Gasteiger charge is -2.17. The zero-order chi connectivity index (χ0) is 25.1. The van der Waals surface area contributed by atoms with E-state index in [1.807, 2.05) is 31.2 Å². The number of ether oxygens (including phenoxy) is 2. The lowest BCUT2D eigenvalue weighted by Crippen LogP contribution is -2.19. The van der Waals surface area contributed by atoms with Crippen LogP contribution in [0.25, 0.3) is 11.1 Å². The average Bonchev–Trinajstić information content (AvgIpc) is 2.85. The van der Waals surface area contributed by atoms with Crippen molar-refractivity contribution in [3.63, 3.8) is 0 Å². The maximum atomic E-state index is 13.8. The summed E-state index contributed by atoms with van der Waals surface area (Å²) in [7, 11) is 2.84. The molecule has 0 fully saturated rings. The van der Waals surface area contributed by atoms with Gasteiger partial charge in [0, 0.05) is 17.4 Å². The molecule has 0 spiro atoms. The van der Waals surface area contributed by atoms with Gasteiger partial charge in [-0.3, -0.25) is 4.79 Å². The number of rotatable bonds is 7. The molecule has 2 aromatic carbocycles. The molecule has 4 rings (SSSR count). The molecule has 0 unspecified atom stereocenters. The molecule has 7 nitrogen and oxygen atoms in total. The normalized spacial score (nSPS) is 10.8. The van der Waals surface area contributed by atoms with Gasteiger partial charge in [0.15, 0.2) is 17.5 Å². The summed E-state index contributed by atoms with van der Waals surface area (Å²) in [6.45, 7) is 1.75. The van der Waals surface area contributed by atoms with E-state index < -0.39 is 23.0 Å². The van der Waals surface area contributed by atoms with Crippen LogP contribution in [0.4, 0.5) is 24.8 Å². The Balaban J connectivity index is 1.77. The van der Waals surface area contributed by atoms with Gasteiger partial charge in [0.2, 0.25) is 17.6 Å². The minimum absolute atomic E-state index is 0.0656. The fourth-order valence-electron chi connectivity index (χ4n) is 3.55. The molecule has 0 aliphatic rings. The van der Waals surface area contributed by atoms with Gasteiger partial charge >= 0.3 is 5.56 Å². The molecule has 35 heavy (non-hydrogen) atoms. The van der Waals surface area contributed by atoms with E-state index in [0.717, 1.165) is 28.8 Å². The van der Waals surface area contributed by atoms with Gasteiger partial charge in [-0.2, -0.15) is 4.98 Å². The summed E-state index contributed by atoms with van der Waals surface area (Å²) in [4.78, 5) is 20.7. The maximum absolute atomic E-state index is 13.8. The zero-order valence-electron chi connectivity index (χ0n) is 19.1. The minimum Gasteiger partial charge on any atom is -0.490 e. The number of hydrogen-bond donors (Lipinski definition) is 1. The van der Waals surface area contributed by atoms with E-state index in [-0.39, 0.29) is 23.8 Å². The molecule has 0 radical (unpaired) electrons. The predicted octanol–water partition coefficient (Wildman–Crippen LogP) is 4.84. The van der Waals surface area contributed by atoms with Crippen LogP contribution >= 0.6 is 0 Å². The smallest absolute Gasteiger partial charge is 0.316 e. The second-order valence-corrected chi connectivity index (χ2v) is 7.65. The fourth-order valence-corrected chi connectivity index (χ4v) is 3.55. The summed E-state index contributed by atoms with van der Waals surface area (Å²) >= 11 is 0. The number of halogens is 3. The molecule has 180 valence electrons. The summed E-state index contributed by atoms with van der Waals surface area (Å²) in [6.07, 6.45) is 2.98. The number of nitrogens with zero attached hydrogens (tertiary/aromatic N) is 3. The monoisotopic (exact) mass is 482 g/mol. The molecular weight excluding hydrogens is 461 g/mol. The predicted molar refractivity (Wildman–Crippen MR) is 125 cm³/mol. The topological polar surface area (TPSA) is 78.3 Å². The summed E-state index contributed by atoms with van der Waals surface area (Å²) in [5.74, 6) is -3.71. The van der Waals surface area contributed by atoms with Crippen molar-refractivity contribution < 1.29 is 22.6 Å². The Kier molecular flexibility index (Phi) is 6.72. The second-order valence-electron chi connectivity index (χ2n) is 7.65. The number of hydrogen-bond acceptors (Lipinski definition) is 6. The van der Waals surface area contributed by atoms with Crippen LogP contribution in [0.3, 0.4) is 0 Å². The molecule has 1 N–H and O–H groups in total. The molecule has 10 heteroatoms. The SMILES string of the molecule is COc1ncccc1-c1ccc(C)c(Nc2nc(=O)c(OC)cn2Cc2cc(F)c(F)c(F)c2)c1. The fraction of sp³-hybridized carbons (Fsp3) is 0.160. The van der Waals surface area contributed by atoms with Crippen molar-refractivity contribution in [3.8, 4) is 22.8 Å². The molecular formula is C25H21F3N4O3. The van der Waals surface area contributed by atoms with Gasteiger partial charge < -0.3 is 19.4 Å². The Hall–Kier alpha value is -4.34. The minimum atomic E-state index is -1.55. The van der Waals surface area contributed by atoms with Crippen molar-refractivity contribution in [2.45, 2.75) is 13.5 Å². The van der Waals surface area contributed by atoms with Crippen LogP contribution in [0.1, 0.15) is 11.1 Å². The quantitative estimate of drug-likeness (QED) is 0.380. The van der Waals surface area contributed by atoms with Crippen molar-refractivity contribution in [2.24, 2.45) is 0 Å². The molecule has 0 saturated carbocycles. The molecule has 0 aliphatic heterocycles. The number of methoxy groups -OCH3 is 2. The van der Waals surface area contributed by atoms with Crippen LogP contribution in [-0.4, -0.2) is 28.8 Å². The number of benzene rings is 2. The third-order valence-corrected chi connectivity index (χ3v) is 5.34. The Labute approximate surface area is 198 Å². The van der Waals surface area contributed by atoms with Gasteiger partial charge in [-0.1, -0.05) is 12.1 Å². The Morgan fingerprint density at radius 1 is 1.03 bits per heavy atom. The maximum Gasteiger partial charge on any atom is 0.316 e. The Bertz CT molecular complexity index is 1430. The Morgan fingerprint density at radius 2 is 1.77 bits per heavy atom. The van der Waals surface area contributed by atoms with Crippen LogP contribution in [0.5, 0.6) is 11.6 Å². The van der Waals surface area contributed by atoms with Crippen molar-refractivity contribution >= 4 is 11.6 Å². The summed E-state index contributed by atoms with van der Waals surface area (Å²) in [5.41, 5.74) is 2.51. The van der Waals surface area contributed by atoms with E-state index in [0.29, 0.717) is 11.6 Å². The summed E-state index contributed by atoms with van der Waals surface area (Å²) < 4.78 is 52.8. The number of anilines is 2. The van der Waals surface area contributed by atoms with E-state index in [9.17, 15) is 18.0 Å². The first kappa shape index (κ1) is 23.8. The summed E-state index contributed by atoms with van der Waals surface area (Å²) in [6, 6.07) is 11.0. The molecule has 0 saturated heterocycles. The standard InChI is InChI=1S/C25H21F3N4O3/c1-14-6-7-16(17-5-4-8-29-24(17)35-3)11-20(14)30-25-31-23(33)21(34-2)13-32(25)12-15-9-18(26)22(28)19(27)10-15/h4-11,13H,12H2,1-3H3,(H,30,31,33). The van der Waals surface area contributed by atoms with Crippen LogP contribution in [0.2, 0.25) is 0 Å². The number of aromatic nitrogens is 3. The first-order chi connectivity index (χ1) is 16.8. The largest absolute Gasteiger partial charge is 0.490 e. The van der Waals surface area contributed by atoms with E-state index in [1.165, 1.54) is 25.0 Å². The van der Waals surface area contributed by atoms with Crippen molar-refractivity contribution in [1.29, 1.82) is 0 Å². The van der Waals surface area contributed by atoms with Gasteiger partial charge in [-0.25, -0.2) is 18.2 Å². The molecule has 2 heterocycles. The molecule has 0 aliphatic carbocycles. The van der Waals surface area contributed by atoms with Crippen LogP contribution in [-0.2, 0) is 6.54 Å². The first-order valence-electron chi connectivity index (χ1n) is 10.5. The van der Waals surface area contributed by atoms with Gasteiger partial charge in [0.05, 0.1) is 27.0 Å². The third kappa shape index (κ3) is 4.96. The Morgan fingerprint density at radius 3 is 2.46 bits per heavy atom. The lowest BCUT2D eigenvalue weighted by molar-refractivity contribution is 0.399. The zero-order valence-corrected chi connectivity index (χ0v) is 19.1. The molecule has 0 atom stereocenters. The van der Waals surface area contributed by atoms with Gasteiger partial charge in [-0.05, 0) is 53.9 Å². The van der Waals surface area contributed by atoms with E-state index in [4.69, 9.17) is 9.47 Å². The second kappa shape index (κ2) is 9.88. The van der Waals surface area contributed by atoms with Crippen molar-refractivity contribution in [2.75, 3.05) is 19.5 Å². The van der Waals surface area contributed by atoms with Crippen molar-refractivity contribution in [3.05, 3.63) is 93.8 Å². The highest BCUT2D eigenvalue weighted by atomic mass is 19.2. The van der Waals surface area contributed by atoms with E-state index in [1.54, 1.807) is 12.3 Å². The van der Waals surface area contributed by atoms with Crippen LogP contribution < -0.4 is 20.3 Å². The van der Waals surface area contributed by atoms with E-state index in [2.05, 4.69) is 15.3 Å². The van der Waals surface area contributed by atoms with Crippen LogP contribution in [0, 0.1) is 24.4 Å². The van der Waals surface area contributed by atoms with Crippen molar-refractivity contribution in [1.82, 2.24) is 14.5 Å². The number of pyridine rings is 1. The van der Waals surface area contributed by atoms with Crippen LogP contribution in [0.15, 0.2) is 59.7 Å². The van der Waals surface area contributed by atoms with E-state index >= 15 is 0 Å². The van der Waals surface area contributed by atoms with Gasteiger partial charge in [-0.15, -0.1) is 0 Å². The summed E-state index contributed by atoms with van der Waals surface area (Å²) in [5, 5.41) is 3.11. The highest BCUT2D eigenvalue weighted by Crippen LogP contribution is 2.32. The highest BCUT2D eigenvalue weighted by Gasteiger charge is 2.15. The number of aryl methyl sites for hydroxylation is 1. The van der Waals surface area contributed by atoms with Gasteiger partial charge in [0.1, 0.15) is 0 Å². The average molecular weight is 482 g/mol. The lowest BCUT2D eigenvalue weighted by atomic mass is 10.0. The first-order valence-corrected chi connectivity index (χ1v) is 10.5. The molecule has 2 aromatic heterocycles. The number of nitrogens with one attached hydrogen (secondary N) is 1.